The minimum absolute atomic E-state index is 0.164. The Morgan fingerprint density at radius 1 is 1.07 bits per heavy atom. The maximum absolute atomic E-state index is 11.9. The molecular weight excluding hydrogens is 406 g/mol. The largest absolute Gasteiger partial charge is 0.379 e. The molecule has 0 saturated carbocycles. The fraction of sp³-hybridized carbons (Fsp3) is 0.150. The number of nitrogens with one attached hydrogen (secondary N) is 1. The number of fused-ring (bicyclic) bond motifs is 1. The lowest BCUT2D eigenvalue weighted by molar-refractivity contribution is 0.703. The van der Waals surface area contributed by atoms with Crippen molar-refractivity contribution in [3.63, 3.8) is 0 Å². The lowest BCUT2D eigenvalue weighted by Gasteiger charge is -2.10. The highest BCUT2D eigenvalue weighted by atomic mass is 79.9. The molecule has 136 valence electrons. The number of benzene rings is 2. The monoisotopic (exact) mass is 423 g/mol. The van der Waals surface area contributed by atoms with Crippen molar-refractivity contribution in [1.82, 2.24) is 19.3 Å². The maximum Gasteiger partial charge on any atom is 0.282 e. The molecule has 0 spiro atoms. The first-order valence-corrected chi connectivity index (χ1v) is 9.34. The van der Waals surface area contributed by atoms with E-state index in [1.807, 2.05) is 24.5 Å². The number of aryl methyl sites for hydroxylation is 1. The second-order valence-electron chi connectivity index (χ2n) is 6.33. The van der Waals surface area contributed by atoms with Crippen LogP contribution in [0.25, 0.3) is 11.0 Å². The zero-order valence-corrected chi connectivity index (χ0v) is 16.3. The van der Waals surface area contributed by atoms with Crippen molar-refractivity contribution in [2.24, 2.45) is 7.05 Å². The van der Waals surface area contributed by atoms with Gasteiger partial charge in [0.25, 0.3) is 5.56 Å². The van der Waals surface area contributed by atoms with E-state index in [2.05, 4.69) is 66.2 Å². The predicted molar refractivity (Wildman–Crippen MR) is 110 cm³/mol. The van der Waals surface area contributed by atoms with E-state index >= 15 is 0 Å². The minimum atomic E-state index is -0.164. The molecule has 0 saturated heterocycles. The maximum atomic E-state index is 11.9. The molecule has 7 heteroatoms. The number of halogens is 1. The van der Waals surface area contributed by atoms with Crippen LogP contribution in [0.1, 0.15) is 11.1 Å². The van der Waals surface area contributed by atoms with Gasteiger partial charge < -0.3 is 9.88 Å². The van der Waals surface area contributed by atoms with E-state index < -0.39 is 0 Å². The van der Waals surface area contributed by atoms with Crippen molar-refractivity contribution in [3.8, 4) is 0 Å². The standard InChI is InChI=1S/C20H18BrN5O/c1-25-20(27)19(21)17(11-24-25)22-10-14-6-8-15(9-7-14)12-26-13-23-16-4-2-3-5-18(16)26/h2-9,11,13,22H,10,12H2,1H3. The molecular formula is C20H18BrN5O. The Morgan fingerprint density at radius 2 is 1.81 bits per heavy atom. The third kappa shape index (κ3) is 3.64. The lowest BCUT2D eigenvalue weighted by Crippen LogP contribution is -2.21. The van der Waals surface area contributed by atoms with Crippen LogP contribution in [0.2, 0.25) is 0 Å². The molecule has 0 bridgehead atoms. The first-order chi connectivity index (χ1) is 13.1. The molecule has 0 radical (unpaired) electrons. The van der Waals surface area contributed by atoms with Crippen LogP contribution in [0.4, 0.5) is 5.69 Å². The molecule has 0 fully saturated rings. The zero-order valence-electron chi connectivity index (χ0n) is 14.8. The van der Waals surface area contributed by atoms with Crippen LogP contribution in [0.5, 0.6) is 0 Å². The van der Waals surface area contributed by atoms with Crippen molar-refractivity contribution >= 4 is 32.7 Å². The minimum Gasteiger partial charge on any atom is -0.379 e. The molecule has 4 rings (SSSR count). The molecule has 0 unspecified atom stereocenters. The number of para-hydroxylation sites is 2. The second-order valence-corrected chi connectivity index (χ2v) is 7.13. The van der Waals surface area contributed by atoms with Gasteiger partial charge in [-0.2, -0.15) is 5.10 Å². The predicted octanol–water partition coefficient (Wildman–Crippen LogP) is 3.55. The van der Waals surface area contributed by atoms with Gasteiger partial charge in [0.05, 0.1) is 29.2 Å². The summed E-state index contributed by atoms with van der Waals surface area (Å²) in [6.45, 7) is 1.39. The quantitative estimate of drug-likeness (QED) is 0.532. The zero-order chi connectivity index (χ0) is 18.8. The highest BCUT2D eigenvalue weighted by Crippen LogP contribution is 2.18. The molecule has 2 aromatic carbocycles. The third-order valence-corrected chi connectivity index (χ3v) is 5.23. The Bertz CT molecular complexity index is 1150. The Kier molecular flexibility index (Phi) is 4.77. The Labute approximate surface area is 164 Å². The third-order valence-electron chi connectivity index (χ3n) is 4.46. The summed E-state index contributed by atoms with van der Waals surface area (Å²) in [5.41, 5.74) is 4.99. The first kappa shape index (κ1) is 17.5. The number of hydrogen-bond acceptors (Lipinski definition) is 4. The highest BCUT2D eigenvalue weighted by Gasteiger charge is 2.07. The van der Waals surface area contributed by atoms with Crippen LogP contribution in [0.15, 0.2) is 70.3 Å². The number of aromatic nitrogens is 4. The molecule has 0 atom stereocenters. The summed E-state index contributed by atoms with van der Waals surface area (Å²) in [6, 6.07) is 16.5. The topological polar surface area (TPSA) is 64.7 Å². The first-order valence-electron chi connectivity index (χ1n) is 8.55. The molecule has 0 aliphatic rings. The number of imidazole rings is 1. The van der Waals surface area contributed by atoms with Gasteiger partial charge in [-0.15, -0.1) is 0 Å². The number of nitrogens with zero attached hydrogens (tertiary/aromatic N) is 4. The second kappa shape index (κ2) is 7.36. The van der Waals surface area contributed by atoms with Crippen molar-refractivity contribution < 1.29 is 0 Å². The van der Waals surface area contributed by atoms with Gasteiger partial charge in [-0.1, -0.05) is 36.4 Å². The highest BCUT2D eigenvalue weighted by molar-refractivity contribution is 9.10. The molecule has 2 heterocycles. The van der Waals surface area contributed by atoms with Gasteiger partial charge in [-0.25, -0.2) is 9.67 Å². The molecule has 27 heavy (non-hydrogen) atoms. The van der Waals surface area contributed by atoms with Gasteiger partial charge in [0, 0.05) is 20.1 Å². The molecule has 1 N–H and O–H groups in total. The van der Waals surface area contributed by atoms with Crippen LogP contribution in [-0.4, -0.2) is 19.3 Å². The number of hydrogen-bond donors (Lipinski definition) is 1. The molecule has 2 aromatic heterocycles. The van der Waals surface area contributed by atoms with Crippen LogP contribution in [0.3, 0.4) is 0 Å². The van der Waals surface area contributed by atoms with Crippen LogP contribution in [0, 0.1) is 0 Å². The summed E-state index contributed by atoms with van der Waals surface area (Å²) in [5.74, 6) is 0. The summed E-state index contributed by atoms with van der Waals surface area (Å²) >= 11 is 3.32. The van der Waals surface area contributed by atoms with E-state index in [9.17, 15) is 4.79 Å². The van der Waals surface area contributed by atoms with Gasteiger partial charge in [-0.3, -0.25) is 4.79 Å². The van der Waals surface area contributed by atoms with Gasteiger partial charge in [0.15, 0.2) is 0 Å². The molecule has 0 aliphatic heterocycles. The Balaban J connectivity index is 1.45. The van der Waals surface area contributed by atoms with Crippen LogP contribution in [-0.2, 0) is 20.1 Å². The van der Waals surface area contributed by atoms with E-state index in [0.717, 1.165) is 23.1 Å². The van der Waals surface area contributed by atoms with E-state index in [1.165, 1.54) is 10.2 Å². The summed E-state index contributed by atoms with van der Waals surface area (Å²) in [4.78, 5) is 16.3. The molecule has 0 aliphatic carbocycles. The molecule has 0 amide bonds. The summed E-state index contributed by atoms with van der Waals surface area (Å²) < 4.78 is 3.93. The van der Waals surface area contributed by atoms with E-state index in [0.29, 0.717) is 16.7 Å². The summed E-state index contributed by atoms with van der Waals surface area (Å²) in [6.07, 6.45) is 3.52. The van der Waals surface area contributed by atoms with E-state index in [-0.39, 0.29) is 5.56 Å². The van der Waals surface area contributed by atoms with Crippen molar-refractivity contribution in [3.05, 3.63) is 87.0 Å². The Morgan fingerprint density at radius 3 is 2.63 bits per heavy atom. The van der Waals surface area contributed by atoms with Crippen LogP contribution < -0.4 is 10.9 Å². The lowest BCUT2D eigenvalue weighted by atomic mass is 10.1. The van der Waals surface area contributed by atoms with Gasteiger partial charge in [-0.05, 0) is 39.2 Å². The van der Waals surface area contributed by atoms with Crippen molar-refractivity contribution in [2.75, 3.05) is 5.32 Å². The fourth-order valence-corrected chi connectivity index (χ4v) is 3.43. The van der Waals surface area contributed by atoms with E-state index in [4.69, 9.17) is 0 Å². The Hall–Kier alpha value is -2.93. The average molecular weight is 424 g/mol. The number of rotatable bonds is 5. The number of anilines is 1. The molecule has 6 nitrogen and oxygen atoms in total. The van der Waals surface area contributed by atoms with Crippen molar-refractivity contribution in [1.29, 1.82) is 0 Å². The van der Waals surface area contributed by atoms with E-state index in [1.54, 1.807) is 13.2 Å². The van der Waals surface area contributed by atoms with Gasteiger partial charge >= 0.3 is 0 Å². The average Bonchev–Trinajstić information content (AvgIpc) is 3.10. The SMILES string of the molecule is Cn1ncc(NCc2ccc(Cn3cnc4ccccc43)cc2)c(Br)c1=O. The van der Waals surface area contributed by atoms with Crippen LogP contribution >= 0.6 is 15.9 Å². The van der Waals surface area contributed by atoms with Crippen molar-refractivity contribution in [2.45, 2.75) is 13.1 Å². The smallest absolute Gasteiger partial charge is 0.282 e. The van der Waals surface area contributed by atoms with Gasteiger partial charge in [0.1, 0.15) is 4.47 Å². The fourth-order valence-electron chi connectivity index (χ4n) is 2.93. The van der Waals surface area contributed by atoms with Gasteiger partial charge in [0.2, 0.25) is 0 Å². The summed E-state index contributed by atoms with van der Waals surface area (Å²) in [7, 11) is 1.62. The molecule has 4 aromatic rings. The normalized spacial score (nSPS) is 11.0. The summed E-state index contributed by atoms with van der Waals surface area (Å²) in [5, 5.41) is 7.28.